The van der Waals surface area contributed by atoms with Crippen LogP contribution >= 0.6 is 0 Å². The van der Waals surface area contributed by atoms with E-state index in [1.807, 2.05) is 35.2 Å². The molecule has 1 amide bonds. The summed E-state index contributed by atoms with van der Waals surface area (Å²) in [6.45, 7) is 6.81. The van der Waals surface area contributed by atoms with Crippen molar-refractivity contribution >= 4 is 11.9 Å². The molecule has 0 rings (SSSR count). The second kappa shape index (κ2) is 16.4. The number of aliphatic carboxylic acids is 1. The highest BCUT2D eigenvalue weighted by atomic mass is 16.4. The van der Waals surface area contributed by atoms with Gasteiger partial charge in [-0.15, -0.1) is 0 Å². The fraction of sp³-hybridized carbons (Fsp3) is 0.783. The van der Waals surface area contributed by atoms with E-state index in [0.717, 1.165) is 0 Å². The maximum Gasteiger partial charge on any atom is 0.229 e. The van der Waals surface area contributed by atoms with Gasteiger partial charge in [-0.1, -0.05) is 35.6 Å². The van der Waals surface area contributed by atoms with E-state index in [0.29, 0.717) is 35.1 Å². The molecule has 0 heterocycles. The average Bonchev–Trinajstić information content (AvgIpc) is 2.38. The summed E-state index contributed by atoms with van der Waals surface area (Å²) < 4.78 is 1.11. The zero-order valence-electron chi connectivity index (χ0n) is 20.3. The molecule has 0 aliphatic carbocycles. The highest BCUT2D eigenvalue weighted by molar-refractivity contribution is 5.82. The molecule has 0 aromatic carbocycles. The minimum atomic E-state index is -1.11. The van der Waals surface area contributed by atoms with Crippen molar-refractivity contribution in [3.05, 3.63) is 22.3 Å². The van der Waals surface area contributed by atoms with E-state index in [-0.39, 0.29) is 49.5 Å². The minimum Gasteiger partial charge on any atom is -0.550 e. The average molecular weight is 438 g/mol. The molecule has 30 heavy (non-hydrogen) atoms. The number of aliphatic hydroxyl groups excluding tert-OH is 1. The van der Waals surface area contributed by atoms with Crippen LogP contribution in [0.4, 0.5) is 0 Å². The Morgan fingerprint density at radius 2 is 1.47 bits per heavy atom. The number of hydrogen-bond donors (Lipinski definition) is 2. The number of carboxylic acids is 1. The molecule has 0 aliphatic heterocycles. The Balaban J connectivity index is -0.000000288. The van der Waals surface area contributed by atoms with Crippen molar-refractivity contribution in [2.75, 3.05) is 55.0 Å². The summed E-state index contributed by atoms with van der Waals surface area (Å²) in [5, 5.41) is 24.3. The van der Waals surface area contributed by atoms with Gasteiger partial charge < -0.3 is 44.1 Å². The largest absolute Gasteiger partial charge is 0.550 e. The lowest BCUT2D eigenvalue weighted by Crippen LogP contribution is -2.56. The number of amides is 1. The van der Waals surface area contributed by atoms with Gasteiger partial charge in [0.1, 0.15) is 13.1 Å². The Hall–Kier alpha value is -1.31. The van der Waals surface area contributed by atoms with Gasteiger partial charge in [0.25, 0.3) is 0 Å². The lowest BCUT2D eigenvalue weighted by Gasteiger charge is -2.35. The van der Waals surface area contributed by atoms with E-state index in [1.54, 1.807) is 20.8 Å². The molecule has 7 nitrogen and oxygen atoms in total. The number of nitrogens with zero attached hydrogens (tertiary/aromatic N) is 2. The van der Waals surface area contributed by atoms with E-state index < -0.39 is 23.4 Å². The van der Waals surface area contributed by atoms with Crippen LogP contribution in [0, 0.1) is 33.6 Å². The maximum atomic E-state index is 12.5. The third kappa shape index (κ3) is 17.5. The summed E-state index contributed by atoms with van der Waals surface area (Å²) >= 11 is 0. The fourth-order valence-corrected chi connectivity index (χ4v) is 2.95. The van der Waals surface area contributed by atoms with Gasteiger partial charge >= 0.3 is 0 Å². The van der Waals surface area contributed by atoms with Gasteiger partial charge in [-0.3, -0.25) is 4.79 Å². The van der Waals surface area contributed by atoms with Gasteiger partial charge in [-0.05, 0) is 18.8 Å². The standard InChI is InChI=1S/C18H37N3O4.2CH4.3CH3/c1-9-14(16(23)24)10-18(2,3)17(25)19-13-21(7,8)12-15(22)11-20(4,5)6;;;;;/h14-15,22H,9-13H2,1-8H3;2*1H4;3*1H3/q;;;2*-1;+1/p+1. The molecule has 0 aromatic rings. The van der Waals surface area contributed by atoms with Crippen LogP contribution in [0.1, 0.15) is 48.5 Å². The summed E-state index contributed by atoms with van der Waals surface area (Å²) in [5.41, 5.74) is -0.790. The summed E-state index contributed by atoms with van der Waals surface area (Å²) in [7, 11) is 9.96. The first kappa shape index (κ1) is 42.7. The number of hydrogen-bond acceptors (Lipinski definition) is 4. The highest BCUT2D eigenvalue weighted by Gasteiger charge is 2.33. The van der Waals surface area contributed by atoms with Crippen molar-refractivity contribution in [2.24, 2.45) is 11.3 Å². The van der Waals surface area contributed by atoms with Crippen LogP contribution in [-0.4, -0.2) is 87.0 Å². The van der Waals surface area contributed by atoms with E-state index >= 15 is 0 Å². The minimum absolute atomic E-state index is 0. The van der Waals surface area contributed by atoms with Gasteiger partial charge in [-0.2, -0.15) is 0 Å². The Labute approximate surface area is 189 Å². The Bertz CT molecular complexity index is 458. The number of carbonyl (C=O) groups is 2. The second-order valence-corrected chi connectivity index (χ2v) is 9.42. The highest BCUT2D eigenvalue weighted by Crippen LogP contribution is 2.27. The molecule has 2 N–H and O–H groups in total. The zero-order valence-corrected chi connectivity index (χ0v) is 20.3. The summed E-state index contributed by atoms with van der Waals surface area (Å²) in [5.74, 6) is -1.92. The lowest BCUT2D eigenvalue weighted by molar-refractivity contribution is -0.908. The number of carbonyl (C=O) groups excluding carboxylic acids is 2. The Morgan fingerprint density at radius 1 is 1.03 bits per heavy atom. The normalized spacial score (nSPS) is 13.0. The molecular weight excluding hydrogens is 382 g/mol. The van der Waals surface area contributed by atoms with Crippen molar-refractivity contribution < 1.29 is 28.8 Å². The smallest absolute Gasteiger partial charge is 0.229 e. The van der Waals surface area contributed by atoms with Gasteiger partial charge in [0.2, 0.25) is 5.91 Å². The molecule has 0 saturated heterocycles. The molecule has 0 aromatic heterocycles. The van der Waals surface area contributed by atoms with Crippen molar-refractivity contribution in [3.63, 3.8) is 0 Å². The van der Waals surface area contributed by atoms with Crippen molar-refractivity contribution in [1.82, 2.24) is 5.32 Å². The SMILES string of the molecule is C.C.CCC(CC(C)(C)C(=O)NC[N+](C)(C)CC(O)C[N+](C)(C)C)C(=O)[O-].[CH3+].[CH3-].[CH3-]. The molecular formula is C23H55N3O4. The molecule has 0 radical (unpaired) electrons. The van der Waals surface area contributed by atoms with E-state index in [2.05, 4.69) is 5.32 Å². The van der Waals surface area contributed by atoms with Crippen LogP contribution in [-0.2, 0) is 9.59 Å². The third-order valence-corrected chi connectivity index (χ3v) is 4.33. The van der Waals surface area contributed by atoms with Crippen molar-refractivity contribution in [1.29, 1.82) is 0 Å². The Morgan fingerprint density at radius 3 is 1.80 bits per heavy atom. The number of likely N-dealkylation sites (N-methyl/N-ethyl adjacent to an activating group) is 2. The first-order valence-electron chi connectivity index (χ1n) is 8.89. The molecule has 2 unspecified atom stereocenters. The van der Waals surface area contributed by atoms with Crippen LogP contribution in [0.5, 0.6) is 0 Å². The number of carboxylic acid groups (broad SMARTS) is 1. The van der Waals surface area contributed by atoms with Gasteiger partial charge in [0, 0.05) is 18.8 Å². The van der Waals surface area contributed by atoms with Gasteiger partial charge in [0.15, 0.2) is 12.8 Å². The van der Waals surface area contributed by atoms with Crippen molar-refractivity contribution in [3.8, 4) is 0 Å². The third-order valence-electron chi connectivity index (χ3n) is 4.33. The number of aliphatic hydroxyl groups is 1. The molecule has 7 heteroatoms. The molecule has 2 atom stereocenters. The lowest BCUT2D eigenvalue weighted by atomic mass is 9.81. The molecule has 0 bridgehead atoms. The summed E-state index contributed by atoms with van der Waals surface area (Å²) in [4.78, 5) is 23.6. The second-order valence-electron chi connectivity index (χ2n) is 9.42. The van der Waals surface area contributed by atoms with Crippen LogP contribution in [0.2, 0.25) is 0 Å². The van der Waals surface area contributed by atoms with Gasteiger partial charge in [0.05, 0.1) is 35.2 Å². The molecule has 0 aliphatic rings. The predicted octanol–water partition coefficient (Wildman–Crippen LogP) is 2.02. The monoisotopic (exact) mass is 437 g/mol. The first-order chi connectivity index (χ1) is 11.1. The predicted molar refractivity (Wildman–Crippen MR) is 129 cm³/mol. The molecule has 0 spiro atoms. The number of rotatable bonds is 11. The zero-order chi connectivity index (χ0) is 20.1. The Kier molecular flexibility index (Phi) is 23.3. The van der Waals surface area contributed by atoms with E-state index in [4.69, 9.17) is 0 Å². The van der Waals surface area contributed by atoms with Crippen LogP contribution < -0.4 is 10.4 Å². The fourth-order valence-electron chi connectivity index (χ4n) is 2.95. The summed E-state index contributed by atoms with van der Waals surface area (Å²) in [6.07, 6.45) is 0.218. The van der Waals surface area contributed by atoms with Gasteiger partial charge in [-0.25, -0.2) is 0 Å². The topological polar surface area (TPSA) is 89.5 Å². The van der Waals surface area contributed by atoms with E-state index in [9.17, 15) is 19.8 Å². The molecule has 0 fully saturated rings. The quantitative estimate of drug-likeness (QED) is 0.294. The first-order valence-corrected chi connectivity index (χ1v) is 8.89. The number of quaternary nitrogens is 2. The molecule has 186 valence electrons. The van der Waals surface area contributed by atoms with Crippen LogP contribution in [0.3, 0.4) is 0 Å². The van der Waals surface area contributed by atoms with Crippen LogP contribution in [0.15, 0.2) is 0 Å². The van der Waals surface area contributed by atoms with Crippen LogP contribution in [0.25, 0.3) is 0 Å². The summed E-state index contributed by atoms with van der Waals surface area (Å²) in [6, 6.07) is 0. The number of nitrogens with one attached hydrogen (secondary N) is 1. The van der Waals surface area contributed by atoms with Crippen molar-refractivity contribution in [2.45, 2.75) is 54.6 Å². The van der Waals surface area contributed by atoms with E-state index in [1.165, 1.54) is 0 Å². The molecule has 0 saturated carbocycles. The maximum absolute atomic E-state index is 12.5.